The first kappa shape index (κ1) is 30.0. The van der Waals surface area contributed by atoms with E-state index in [-0.39, 0.29) is 16.6 Å². The van der Waals surface area contributed by atoms with E-state index in [2.05, 4.69) is 19.6 Å². The summed E-state index contributed by atoms with van der Waals surface area (Å²) in [6, 6.07) is 4.80. The van der Waals surface area contributed by atoms with E-state index in [0.29, 0.717) is 26.1 Å². The van der Waals surface area contributed by atoms with Gasteiger partial charge in [-0.15, -0.1) is 0 Å². The average molecular weight is 582 g/mol. The lowest BCUT2D eigenvalue weighted by atomic mass is 9.85. The molecule has 216 valence electrons. The van der Waals surface area contributed by atoms with Gasteiger partial charge in [-0.1, -0.05) is 64.3 Å². The minimum Gasteiger partial charge on any atom is -0.465 e. The minimum atomic E-state index is -1.46. The third-order valence-electron chi connectivity index (χ3n) is 7.96. The molecule has 3 aliphatic rings. The molecule has 1 aromatic carbocycles. The number of aliphatic imine (C=N–C) groups is 1. The molecule has 2 fully saturated rings. The zero-order valence-electron chi connectivity index (χ0n) is 24.0. The number of rotatable bonds is 7. The van der Waals surface area contributed by atoms with Gasteiger partial charge >= 0.3 is 6.09 Å². The maximum atomic E-state index is 15.3. The summed E-state index contributed by atoms with van der Waals surface area (Å²) in [7, 11) is -1.46. The molecule has 1 N–H and O–H groups in total. The van der Waals surface area contributed by atoms with Crippen molar-refractivity contribution >= 4 is 37.0 Å². The van der Waals surface area contributed by atoms with Crippen molar-refractivity contribution in [3.63, 3.8) is 0 Å². The number of ether oxygens (including phenoxy) is 1. The Morgan fingerprint density at radius 2 is 1.90 bits per heavy atom. The molecule has 1 aromatic rings. The predicted molar refractivity (Wildman–Crippen MR) is 153 cm³/mol. The number of benzene rings is 1. The summed E-state index contributed by atoms with van der Waals surface area (Å²) in [5.41, 5.74) is -1.94. The molecule has 0 spiro atoms. The highest BCUT2D eigenvalue weighted by molar-refractivity contribution is 8.16. The Labute approximate surface area is 235 Å². The normalized spacial score (nSPS) is 27.6. The van der Waals surface area contributed by atoms with Gasteiger partial charge in [-0.2, -0.15) is 0 Å². The van der Waals surface area contributed by atoms with Crippen LogP contribution in [0.4, 0.5) is 13.6 Å². The molecule has 1 saturated heterocycles. The van der Waals surface area contributed by atoms with Crippen LogP contribution >= 0.6 is 11.8 Å². The largest absolute Gasteiger partial charge is 0.465 e. The lowest BCUT2D eigenvalue weighted by molar-refractivity contribution is -0.130. The summed E-state index contributed by atoms with van der Waals surface area (Å²) in [4.78, 5) is 34.6. The van der Waals surface area contributed by atoms with E-state index < -0.39 is 53.6 Å². The van der Waals surface area contributed by atoms with Crippen LogP contribution in [0.15, 0.2) is 23.2 Å². The highest BCUT2D eigenvalue weighted by atomic mass is 32.2. The summed E-state index contributed by atoms with van der Waals surface area (Å²) in [5.74, 6) is -2.51. The summed E-state index contributed by atoms with van der Waals surface area (Å²) >= 11 is 1.15. The fraction of sp³-hybridized carbons (Fsp3) is 0.679. The molecule has 7 nitrogen and oxygen atoms in total. The van der Waals surface area contributed by atoms with Gasteiger partial charge in [0.2, 0.25) is 5.91 Å². The number of nitrogens with zero attached hydrogens (tertiary/aromatic N) is 3. The van der Waals surface area contributed by atoms with Gasteiger partial charge in [-0.25, -0.2) is 18.5 Å². The number of hydrogen-bond donors (Lipinski definition) is 1. The first-order chi connectivity index (χ1) is 18.0. The molecule has 11 heteroatoms. The molecular formula is C28H41F2N3O4SSi. The number of carboxylic acid groups (broad SMARTS) is 1. The van der Waals surface area contributed by atoms with Gasteiger partial charge in [0, 0.05) is 44.7 Å². The number of carbonyl (C=O) groups is 2. The molecule has 1 saturated carbocycles. The number of amides is 2. The van der Waals surface area contributed by atoms with Crippen LogP contribution in [0.1, 0.15) is 52.5 Å². The molecule has 4 atom stereocenters. The smallest absolute Gasteiger partial charge is 0.415 e. The number of carbonyl (C=O) groups excluding carboxylic acids is 1. The van der Waals surface area contributed by atoms with E-state index in [1.54, 1.807) is 6.92 Å². The lowest BCUT2D eigenvalue weighted by Gasteiger charge is -2.42. The van der Waals surface area contributed by atoms with Gasteiger partial charge in [0.25, 0.3) is 0 Å². The second kappa shape index (κ2) is 10.4. The number of likely N-dealkylation sites (tertiary alicyclic amines) is 1. The minimum absolute atomic E-state index is 0.0266. The van der Waals surface area contributed by atoms with Gasteiger partial charge in [-0.3, -0.25) is 9.79 Å². The molecular weight excluding hydrogens is 540 g/mol. The molecule has 2 aliphatic heterocycles. The molecule has 1 aliphatic carbocycles. The average Bonchev–Trinajstić information content (AvgIpc) is 3.33. The van der Waals surface area contributed by atoms with E-state index in [1.807, 2.05) is 25.7 Å². The third-order valence-corrected chi connectivity index (χ3v) is 11.1. The number of thioether (sulfide) groups is 1. The predicted octanol–water partition coefficient (Wildman–Crippen LogP) is 6.37. The van der Waals surface area contributed by atoms with Gasteiger partial charge in [0.1, 0.15) is 11.0 Å². The second-order valence-electron chi connectivity index (χ2n) is 13.4. The van der Waals surface area contributed by atoms with Crippen molar-refractivity contribution in [2.75, 3.05) is 19.7 Å². The van der Waals surface area contributed by atoms with Gasteiger partial charge in [0.15, 0.2) is 16.8 Å². The van der Waals surface area contributed by atoms with Crippen molar-refractivity contribution in [1.29, 1.82) is 0 Å². The Kier molecular flexibility index (Phi) is 8.03. The van der Waals surface area contributed by atoms with Gasteiger partial charge in [-0.05, 0) is 38.3 Å². The van der Waals surface area contributed by atoms with Crippen LogP contribution in [-0.2, 0) is 15.1 Å². The van der Waals surface area contributed by atoms with E-state index in [4.69, 9.17) is 9.73 Å². The molecule has 0 aromatic heterocycles. The summed E-state index contributed by atoms with van der Waals surface area (Å²) in [6.45, 7) is 15.7. The topological polar surface area (TPSA) is 82.4 Å². The fourth-order valence-corrected chi connectivity index (χ4v) is 8.06. The van der Waals surface area contributed by atoms with Crippen LogP contribution in [-0.4, -0.2) is 70.8 Å². The van der Waals surface area contributed by atoms with Crippen molar-refractivity contribution in [2.45, 2.75) is 89.2 Å². The fourth-order valence-electron chi connectivity index (χ4n) is 5.66. The van der Waals surface area contributed by atoms with Crippen molar-refractivity contribution in [2.24, 2.45) is 16.3 Å². The lowest BCUT2D eigenvalue weighted by Crippen LogP contribution is -2.54. The summed E-state index contributed by atoms with van der Waals surface area (Å²) in [6.07, 6.45) is 0.0575. The van der Waals surface area contributed by atoms with Crippen LogP contribution in [0.3, 0.4) is 0 Å². The van der Waals surface area contributed by atoms with Crippen molar-refractivity contribution < 1.29 is 28.2 Å². The SMILES string of the molecule is CC(C)(C)C(OCC[Si](C)(C)C)N(C(=O)O)C1=N[C@](C)(c2cccc(F)c2F)[C@@H]2C[C@]2(C(=O)N2CCCC2)S1. The van der Waals surface area contributed by atoms with Crippen LogP contribution in [0.5, 0.6) is 0 Å². The quantitative estimate of drug-likeness (QED) is 0.299. The monoisotopic (exact) mass is 581 g/mol. The Balaban J connectivity index is 1.82. The van der Waals surface area contributed by atoms with Crippen molar-refractivity contribution in [3.05, 3.63) is 35.4 Å². The van der Waals surface area contributed by atoms with Crippen molar-refractivity contribution in [3.8, 4) is 0 Å². The summed E-state index contributed by atoms with van der Waals surface area (Å²) < 4.78 is 35.0. The Bertz CT molecular complexity index is 1160. The first-order valence-electron chi connectivity index (χ1n) is 13.7. The molecule has 0 bridgehead atoms. The van der Waals surface area contributed by atoms with E-state index in [9.17, 15) is 19.1 Å². The number of hydrogen-bond acceptors (Lipinski definition) is 5. The molecule has 4 rings (SSSR count). The molecule has 0 radical (unpaired) electrons. The van der Waals surface area contributed by atoms with Crippen molar-refractivity contribution in [1.82, 2.24) is 9.80 Å². The third kappa shape index (κ3) is 5.77. The molecule has 2 amide bonds. The summed E-state index contributed by atoms with van der Waals surface area (Å²) in [5, 5.41) is 10.6. The zero-order chi connectivity index (χ0) is 29.0. The number of fused-ring (bicyclic) bond motifs is 1. The highest BCUT2D eigenvalue weighted by Crippen LogP contribution is 2.67. The Morgan fingerprint density at radius 3 is 2.46 bits per heavy atom. The zero-order valence-corrected chi connectivity index (χ0v) is 25.8. The van der Waals surface area contributed by atoms with Crippen LogP contribution in [0.2, 0.25) is 25.7 Å². The Morgan fingerprint density at radius 1 is 1.26 bits per heavy atom. The van der Waals surface area contributed by atoms with Gasteiger partial charge < -0.3 is 14.7 Å². The molecule has 2 heterocycles. The highest BCUT2D eigenvalue weighted by Gasteiger charge is 2.72. The van der Waals surface area contributed by atoms with E-state index in [0.717, 1.165) is 41.6 Å². The first-order valence-corrected chi connectivity index (χ1v) is 18.2. The van der Waals surface area contributed by atoms with Crippen LogP contribution < -0.4 is 0 Å². The molecule has 1 unspecified atom stereocenters. The Hall–Kier alpha value is -1.98. The number of amidine groups is 1. The van der Waals surface area contributed by atoms with Gasteiger partial charge in [0.05, 0.1) is 5.54 Å². The molecule has 39 heavy (non-hydrogen) atoms. The van der Waals surface area contributed by atoms with E-state index >= 15 is 4.39 Å². The number of halogens is 2. The van der Waals surface area contributed by atoms with E-state index in [1.165, 1.54) is 12.1 Å². The van der Waals surface area contributed by atoms with Crippen LogP contribution in [0.25, 0.3) is 0 Å². The maximum Gasteiger partial charge on any atom is 0.415 e. The van der Waals surface area contributed by atoms with Crippen LogP contribution in [0, 0.1) is 23.0 Å². The maximum absolute atomic E-state index is 15.3. The second-order valence-corrected chi connectivity index (χ2v) is 20.4. The standard InChI is InChI=1S/C28H41F2N3O4SSi/c1-26(2,3)23(37-15-16-39(5,6)7)33(25(35)36)24-31-27(4,18-11-10-12-19(29)21(18)30)20-17-28(20,38-24)22(34)32-13-8-9-14-32/h10-12,20,23H,8-9,13-17H2,1-7H3,(H,35,36)/t20-,23?,27+,28-/m0/s1.